The molecule has 2 unspecified atom stereocenters. The highest BCUT2D eigenvalue weighted by Crippen LogP contribution is 2.47. The Hall–Kier alpha value is -5.99. The minimum atomic E-state index is 0.231. The van der Waals surface area contributed by atoms with E-state index in [1.165, 1.54) is 49.4 Å². The first kappa shape index (κ1) is 28.3. The Labute approximate surface area is 281 Å². The van der Waals surface area contributed by atoms with Crippen LogP contribution >= 0.6 is 0 Å². The maximum absolute atomic E-state index is 5.24. The number of fused-ring (bicyclic) bond motifs is 3. The standard InChI is InChI=1S/C46H34N2/c1-31-29-34(32-15-5-2-6-16-32)25-27-37(31)45-39-22-12-11-21-38(39)44(33-17-7-3-8-18-33)41-30-35(26-28-40(41)45)46-47-42-23-13-14-24-43(42)48(46)36-19-9-4-10-20-36/h2-31,37H,1H3. The quantitative estimate of drug-likeness (QED) is 0.176. The number of allylic oxidation sites excluding steroid dienone is 4. The molecule has 8 aromatic rings. The molecule has 0 N–H and O–H groups in total. The lowest BCUT2D eigenvalue weighted by molar-refractivity contribution is 0.645. The first-order valence-electron chi connectivity index (χ1n) is 16.8. The first-order chi connectivity index (χ1) is 23.7. The highest BCUT2D eigenvalue weighted by atomic mass is 15.1. The number of imidazole rings is 1. The molecule has 9 rings (SSSR count). The van der Waals surface area contributed by atoms with E-state index in [0.717, 1.165) is 28.1 Å². The Balaban J connectivity index is 1.32. The molecule has 0 saturated heterocycles. The van der Waals surface area contributed by atoms with Gasteiger partial charge in [0.25, 0.3) is 0 Å². The number of aromatic nitrogens is 2. The van der Waals surface area contributed by atoms with E-state index in [1.54, 1.807) is 0 Å². The van der Waals surface area contributed by atoms with Crippen LogP contribution in [0.3, 0.4) is 0 Å². The van der Waals surface area contributed by atoms with E-state index < -0.39 is 0 Å². The van der Waals surface area contributed by atoms with Gasteiger partial charge in [0.15, 0.2) is 0 Å². The van der Waals surface area contributed by atoms with Crippen molar-refractivity contribution in [3.63, 3.8) is 0 Å². The number of hydrogen-bond donors (Lipinski definition) is 0. The summed E-state index contributed by atoms with van der Waals surface area (Å²) in [6.45, 7) is 2.36. The molecule has 0 saturated carbocycles. The molecular weight excluding hydrogens is 581 g/mol. The molecule has 1 aliphatic carbocycles. The summed E-state index contributed by atoms with van der Waals surface area (Å²) < 4.78 is 2.29. The van der Waals surface area contributed by atoms with Gasteiger partial charge in [0.05, 0.1) is 11.0 Å². The van der Waals surface area contributed by atoms with Gasteiger partial charge >= 0.3 is 0 Å². The predicted molar refractivity (Wildman–Crippen MR) is 202 cm³/mol. The summed E-state index contributed by atoms with van der Waals surface area (Å²) in [6, 6.07) is 56.6. The second kappa shape index (κ2) is 11.7. The largest absolute Gasteiger partial charge is 0.292 e. The summed E-state index contributed by atoms with van der Waals surface area (Å²) in [6.07, 6.45) is 7.20. The van der Waals surface area contributed by atoms with Crippen LogP contribution in [0.15, 0.2) is 176 Å². The number of rotatable bonds is 5. The molecule has 0 spiro atoms. The number of benzene rings is 7. The molecule has 1 aliphatic rings. The zero-order valence-electron chi connectivity index (χ0n) is 26.8. The lowest BCUT2D eigenvalue weighted by Crippen LogP contribution is -2.11. The molecular formula is C46H34N2. The molecule has 2 atom stereocenters. The van der Waals surface area contributed by atoms with E-state index in [4.69, 9.17) is 4.98 Å². The lowest BCUT2D eigenvalue weighted by Gasteiger charge is -2.28. The van der Waals surface area contributed by atoms with Crippen molar-refractivity contribution in [2.75, 3.05) is 0 Å². The minimum absolute atomic E-state index is 0.231. The van der Waals surface area contributed by atoms with Gasteiger partial charge in [-0.25, -0.2) is 4.98 Å². The summed E-state index contributed by atoms with van der Waals surface area (Å²) in [5.74, 6) is 1.50. The van der Waals surface area contributed by atoms with Crippen LogP contribution in [-0.4, -0.2) is 9.55 Å². The van der Waals surface area contributed by atoms with Crippen molar-refractivity contribution in [2.24, 2.45) is 5.92 Å². The van der Waals surface area contributed by atoms with Crippen molar-refractivity contribution in [2.45, 2.75) is 12.8 Å². The van der Waals surface area contributed by atoms with Crippen molar-refractivity contribution >= 4 is 38.2 Å². The topological polar surface area (TPSA) is 17.8 Å². The Morgan fingerprint density at radius 2 is 1.17 bits per heavy atom. The number of nitrogens with zero attached hydrogens (tertiary/aromatic N) is 2. The normalized spacial score (nSPS) is 16.1. The van der Waals surface area contributed by atoms with Gasteiger partial charge in [0.1, 0.15) is 5.82 Å². The van der Waals surface area contributed by atoms with Gasteiger partial charge in [0.2, 0.25) is 0 Å². The molecule has 0 radical (unpaired) electrons. The van der Waals surface area contributed by atoms with E-state index in [9.17, 15) is 0 Å². The van der Waals surface area contributed by atoms with Gasteiger partial charge in [-0.2, -0.15) is 0 Å². The van der Waals surface area contributed by atoms with Crippen molar-refractivity contribution in [1.82, 2.24) is 9.55 Å². The Kier molecular flexibility index (Phi) is 6.87. The summed E-state index contributed by atoms with van der Waals surface area (Å²) in [5.41, 5.74) is 10.7. The van der Waals surface area contributed by atoms with Gasteiger partial charge in [-0.3, -0.25) is 4.57 Å². The van der Waals surface area contributed by atoms with E-state index in [-0.39, 0.29) is 5.92 Å². The van der Waals surface area contributed by atoms with Gasteiger partial charge in [-0.15, -0.1) is 0 Å². The minimum Gasteiger partial charge on any atom is -0.292 e. The van der Waals surface area contributed by atoms with Crippen molar-refractivity contribution in [3.05, 3.63) is 187 Å². The third-order valence-electron chi connectivity index (χ3n) is 9.89. The van der Waals surface area contributed by atoms with Crippen LogP contribution < -0.4 is 0 Å². The maximum Gasteiger partial charge on any atom is 0.145 e. The molecule has 2 nitrogen and oxygen atoms in total. The van der Waals surface area contributed by atoms with Crippen LogP contribution in [0.25, 0.3) is 66.4 Å². The van der Waals surface area contributed by atoms with Crippen LogP contribution in [0, 0.1) is 5.92 Å². The third kappa shape index (κ3) is 4.68. The molecule has 1 heterocycles. The van der Waals surface area contributed by atoms with Crippen LogP contribution in [0.2, 0.25) is 0 Å². The van der Waals surface area contributed by atoms with Crippen LogP contribution in [0.1, 0.15) is 24.0 Å². The Morgan fingerprint density at radius 1 is 0.542 bits per heavy atom. The van der Waals surface area contributed by atoms with Crippen molar-refractivity contribution in [1.29, 1.82) is 0 Å². The zero-order valence-corrected chi connectivity index (χ0v) is 26.8. The Morgan fingerprint density at radius 3 is 1.92 bits per heavy atom. The molecule has 0 fully saturated rings. The summed E-state index contributed by atoms with van der Waals surface area (Å²) >= 11 is 0. The molecule has 0 bridgehead atoms. The van der Waals surface area contributed by atoms with Crippen LogP contribution in [0.4, 0.5) is 0 Å². The summed E-state index contributed by atoms with van der Waals surface area (Å²) in [4.78, 5) is 5.24. The van der Waals surface area contributed by atoms with E-state index in [0.29, 0.717) is 5.92 Å². The third-order valence-corrected chi connectivity index (χ3v) is 9.89. The maximum atomic E-state index is 5.24. The Bertz CT molecular complexity index is 2500. The molecule has 48 heavy (non-hydrogen) atoms. The molecule has 7 aromatic carbocycles. The van der Waals surface area contributed by atoms with Gasteiger partial charge in [0, 0.05) is 17.2 Å². The fourth-order valence-electron chi connectivity index (χ4n) is 7.69. The highest BCUT2D eigenvalue weighted by molar-refractivity contribution is 6.16. The fraction of sp³-hybridized carbons (Fsp3) is 0.0652. The molecule has 1 aromatic heterocycles. The smallest absolute Gasteiger partial charge is 0.145 e. The van der Waals surface area contributed by atoms with Crippen LogP contribution in [0.5, 0.6) is 0 Å². The lowest BCUT2D eigenvalue weighted by atomic mass is 9.76. The van der Waals surface area contributed by atoms with Crippen LogP contribution in [-0.2, 0) is 0 Å². The number of hydrogen-bond acceptors (Lipinski definition) is 1. The van der Waals surface area contributed by atoms with E-state index >= 15 is 0 Å². The van der Waals surface area contributed by atoms with Crippen molar-refractivity contribution < 1.29 is 0 Å². The summed E-state index contributed by atoms with van der Waals surface area (Å²) in [7, 11) is 0. The monoisotopic (exact) mass is 614 g/mol. The van der Waals surface area contributed by atoms with Gasteiger partial charge < -0.3 is 0 Å². The highest BCUT2D eigenvalue weighted by Gasteiger charge is 2.26. The molecule has 2 heteroatoms. The zero-order chi connectivity index (χ0) is 32.0. The predicted octanol–water partition coefficient (Wildman–Crippen LogP) is 12.0. The molecule has 0 aliphatic heterocycles. The second-order valence-corrected chi connectivity index (χ2v) is 12.8. The number of para-hydroxylation sites is 3. The average Bonchev–Trinajstić information content (AvgIpc) is 3.55. The molecule has 0 amide bonds. The van der Waals surface area contributed by atoms with Gasteiger partial charge in [-0.1, -0.05) is 153 Å². The second-order valence-electron chi connectivity index (χ2n) is 12.8. The fourth-order valence-corrected chi connectivity index (χ4v) is 7.69. The van der Waals surface area contributed by atoms with E-state index in [1.807, 2.05) is 0 Å². The van der Waals surface area contributed by atoms with E-state index in [2.05, 4.69) is 187 Å². The SMILES string of the molecule is CC1C=C(c2ccccc2)C=CC1c1c2ccccc2c(-c2ccccc2)c2cc(-c3nc4ccccc4n3-c3ccccc3)ccc12. The average molecular weight is 615 g/mol. The summed E-state index contributed by atoms with van der Waals surface area (Å²) in [5, 5.41) is 5.12. The molecule has 228 valence electrons. The van der Waals surface area contributed by atoms with Gasteiger partial charge in [-0.05, 0) is 85.6 Å². The van der Waals surface area contributed by atoms with Crippen molar-refractivity contribution in [3.8, 4) is 28.2 Å². The first-order valence-corrected chi connectivity index (χ1v) is 16.8.